The lowest BCUT2D eigenvalue weighted by atomic mass is 9.91. The van der Waals surface area contributed by atoms with Crippen LogP contribution in [0.3, 0.4) is 0 Å². The second-order valence-corrected chi connectivity index (χ2v) is 7.26. The summed E-state index contributed by atoms with van der Waals surface area (Å²) >= 11 is 0. The molecule has 138 valence electrons. The molecule has 1 aromatic heterocycles. The zero-order valence-corrected chi connectivity index (χ0v) is 15.3. The summed E-state index contributed by atoms with van der Waals surface area (Å²) in [6.45, 7) is 5.49. The van der Waals surface area contributed by atoms with Crippen LogP contribution < -0.4 is 5.32 Å². The zero-order chi connectivity index (χ0) is 18.1. The Kier molecular flexibility index (Phi) is 4.54. The van der Waals surface area contributed by atoms with Gasteiger partial charge in [0.05, 0.1) is 17.6 Å². The van der Waals surface area contributed by atoms with Crippen LogP contribution in [0.4, 0.5) is 5.69 Å². The van der Waals surface area contributed by atoms with Crippen molar-refractivity contribution in [3.05, 3.63) is 42.0 Å². The van der Waals surface area contributed by atoms with Gasteiger partial charge in [-0.3, -0.25) is 4.79 Å². The lowest BCUT2D eigenvalue weighted by Gasteiger charge is -2.33. The van der Waals surface area contributed by atoms with E-state index < -0.39 is 0 Å². The third-order valence-corrected chi connectivity index (χ3v) is 5.62. The number of hydrogen-bond donors (Lipinski definition) is 1. The molecule has 2 aliphatic heterocycles. The largest absolute Gasteiger partial charge is 0.381 e. The molecule has 1 atom stereocenters. The third-order valence-electron chi connectivity index (χ3n) is 5.62. The topological polar surface area (TPSA) is 65.4 Å². The molecule has 2 fully saturated rings. The number of nitrogens with one attached hydrogen (secondary N) is 1. The third kappa shape index (κ3) is 3.27. The van der Waals surface area contributed by atoms with Crippen LogP contribution in [0.15, 0.2) is 30.6 Å². The molecule has 6 heteroatoms. The molecule has 0 bridgehead atoms. The lowest BCUT2D eigenvalue weighted by molar-refractivity contribution is -0.140. The molecule has 1 amide bonds. The normalized spacial score (nSPS) is 21.8. The van der Waals surface area contributed by atoms with E-state index in [1.165, 1.54) is 0 Å². The molecule has 2 saturated heterocycles. The second-order valence-electron chi connectivity index (χ2n) is 7.26. The van der Waals surface area contributed by atoms with Gasteiger partial charge >= 0.3 is 0 Å². The first-order chi connectivity index (χ1) is 12.6. The first-order valence-corrected chi connectivity index (χ1v) is 9.24. The van der Waals surface area contributed by atoms with E-state index in [9.17, 15) is 4.79 Å². The van der Waals surface area contributed by atoms with Crippen molar-refractivity contribution in [2.45, 2.75) is 51.2 Å². The number of rotatable bonds is 3. The molecule has 1 aromatic carbocycles. The Bertz CT molecular complexity index is 791. The van der Waals surface area contributed by atoms with Crippen molar-refractivity contribution in [3.63, 3.8) is 0 Å². The highest BCUT2D eigenvalue weighted by molar-refractivity contribution is 5.94. The summed E-state index contributed by atoms with van der Waals surface area (Å²) < 4.78 is 13.6. The van der Waals surface area contributed by atoms with Crippen molar-refractivity contribution >= 4 is 11.6 Å². The molecule has 6 nitrogen and oxygen atoms in total. The molecule has 0 radical (unpaired) electrons. The molecule has 26 heavy (non-hydrogen) atoms. The van der Waals surface area contributed by atoms with E-state index >= 15 is 0 Å². The van der Waals surface area contributed by atoms with Gasteiger partial charge < -0.3 is 19.4 Å². The van der Waals surface area contributed by atoms with Crippen LogP contribution in [-0.4, -0.2) is 40.4 Å². The fourth-order valence-corrected chi connectivity index (χ4v) is 3.80. The molecule has 3 heterocycles. The van der Waals surface area contributed by atoms with E-state index in [0.29, 0.717) is 0 Å². The van der Waals surface area contributed by atoms with Gasteiger partial charge in [0.2, 0.25) is 0 Å². The minimum Gasteiger partial charge on any atom is -0.381 e. The maximum atomic E-state index is 12.6. The van der Waals surface area contributed by atoms with Crippen LogP contribution in [0, 0.1) is 13.8 Å². The first kappa shape index (κ1) is 17.2. The monoisotopic (exact) mass is 355 g/mol. The highest BCUT2D eigenvalue weighted by atomic mass is 16.5. The summed E-state index contributed by atoms with van der Waals surface area (Å²) in [5.74, 6) is -0.0595. The molecule has 1 N–H and O–H groups in total. The Morgan fingerprint density at radius 3 is 2.58 bits per heavy atom. The van der Waals surface area contributed by atoms with E-state index in [0.717, 1.165) is 61.7 Å². The number of aromatic nitrogens is 2. The van der Waals surface area contributed by atoms with E-state index in [2.05, 4.69) is 10.3 Å². The second kappa shape index (κ2) is 6.85. The van der Waals surface area contributed by atoms with E-state index in [1.54, 1.807) is 0 Å². The van der Waals surface area contributed by atoms with Crippen molar-refractivity contribution in [2.24, 2.45) is 0 Å². The smallest absolute Gasteiger partial charge is 0.253 e. The average molecular weight is 355 g/mol. The van der Waals surface area contributed by atoms with Gasteiger partial charge in [-0.1, -0.05) is 0 Å². The van der Waals surface area contributed by atoms with Gasteiger partial charge in [0.25, 0.3) is 5.91 Å². The Morgan fingerprint density at radius 2 is 1.92 bits per heavy atom. The Hall–Kier alpha value is -2.18. The predicted octanol–water partition coefficient (Wildman–Crippen LogP) is 3.16. The summed E-state index contributed by atoms with van der Waals surface area (Å²) in [7, 11) is 0. The zero-order valence-electron chi connectivity index (χ0n) is 15.3. The van der Waals surface area contributed by atoms with Crippen LogP contribution in [0.1, 0.15) is 37.1 Å². The van der Waals surface area contributed by atoms with Crippen molar-refractivity contribution in [3.8, 4) is 5.69 Å². The van der Waals surface area contributed by atoms with Gasteiger partial charge in [0.15, 0.2) is 0 Å². The van der Waals surface area contributed by atoms with Gasteiger partial charge in [0, 0.05) is 30.3 Å². The number of ether oxygens (including phenoxy) is 2. The summed E-state index contributed by atoms with van der Waals surface area (Å²) in [5.41, 5.74) is 3.79. The number of aryl methyl sites for hydroxylation is 1. The Balaban J connectivity index is 1.40. The van der Waals surface area contributed by atoms with Crippen molar-refractivity contribution in [1.82, 2.24) is 9.55 Å². The van der Waals surface area contributed by atoms with E-state index in [-0.39, 0.29) is 17.6 Å². The van der Waals surface area contributed by atoms with Crippen molar-refractivity contribution in [1.29, 1.82) is 0 Å². The number of carbonyl (C=O) groups excluding carboxylic acids is 1. The van der Waals surface area contributed by atoms with Crippen LogP contribution >= 0.6 is 0 Å². The summed E-state index contributed by atoms with van der Waals surface area (Å²) in [6, 6.07) is 7.81. The van der Waals surface area contributed by atoms with Gasteiger partial charge in [0.1, 0.15) is 6.10 Å². The van der Waals surface area contributed by atoms with Crippen molar-refractivity contribution < 1.29 is 14.3 Å². The summed E-state index contributed by atoms with van der Waals surface area (Å²) in [5, 5.41) is 2.98. The molecule has 1 spiro atoms. The van der Waals surface area contributed by atoms with Crippen LogP contribution in [-0.2, 0) is 14.3 Å². The fourth-order valence-electron chi connectivity index (χ4n) is 3.80. The number of nitrogens with zero attached hydrogens (tertiary/aromatic N) is 2. The van der Waals surface area contributed by atoms with Gasteiger partial charge in [-0.15, -0.1) is 0 Å². The molecule has 0 saturated carbocycles. The quantitative estimate of drug-likeness (QED) is 0.918. The van der Waals surface area contributed by atoms with Crippen LogP contribution in [0.2, 0.25) is 0 Å². The Labute approximate surface area is 153 Å². The maximum Gasteiger partial charge on any atom is 0.253 e. The number of imidazole rings is 1. The van der Waals surface area contributed by atoms with Crippen LogP contribution in [0.25, 0.3) is 5.69 Å². The minimum absolute atomic E-state index is 0.0595. The number of amides is 1. The highest BCUT2D eigenvalue weighted by Gasteiger charge is 2.43. The first-order valence-electron chi connectivity index (χ1n) is 9.24. The number of anilines is 1. The molecular formula is C20H25N3O3. The SMILES string of the molecule is Cc1ncn(-c2ccc(NC(=O)C3CCC4(CCOCC4)O3)cc2)c1C. The van der Waals surface area contributed by atoms with Crippen LogP contribution in [0.5, 0.6) is 0 Å². The average Bonchev–Trinajstić information content (AvgIpc) is 3.21. The fraction of sp³-hybridized carbons (Fsp3) is 0.500. The predicted molar refractivity (Wildman–Crippen MR) is 98.6 cm³/mol. The molecule has 2 aliphatic rings. The number of hydrogen-bond acceptors (Lipinski definition) is 4. The number of benzene rings is 1. The van der Waals surface area contributed by atoms with Crippen molar-refractivity contribution in [2.75, 3.05) is 18.5 Å². The maximum absolute atomic E-state index is 12.6. The molecule has 4 rings (SSSR count). The standard InChI is InChI=1S/C20H25N3O3/c1-14-15(2)23(13-21-14)17-5-3-16(4-6-17)22-19(24)18-7-8-20(26-18)9-11-25-12-10-20/h3-6,13,18H,7-12H2,1-2H3,(H,22,24). The molecule has 1 unspecified atom stereocenters. The van der Waals surface area contributed by atoms with Gasteiger partial charge in [-0.05, 0) is 63.8 Å². The molecule has 0 aliphatic carbocycles. The minimum atomic E-state index is -0.369. The van der Waals surface area contributed by atoms with E-state index in [4.69, 9.17) is 9.47 Å². The summed E-state index contributed by atoms with van der Waals surface area (Å²) in [4.78, 5) is 16.9. The van der Waals surface area contributed by atoms with E-state index in [1.807, 2.05) is 49.0 Å². The molecule has 2 aromatic rings. The van der Waals surface area contributed by atoms with Gasteiger partial charge in [-0.25, -0.2) is 4.98 Å². The number of carbonyl (C=O) groups is 1. The highest BCUT2D eigenvalue weighted by Crippen LogP contribution is 2.38. The van der Waals surface area contributed by atoms with Gasteiger partial charge in [-0.2, -0.15) is 0 Å². The summed E-state index contributed by atoms with van der Waals surface area (Å²) in [6.07, 6.45) is 4.93. The molecular weight excluding hydrogens is 330 g/mol. The Morgan fingerprint density at radius 1 is 1.19 bits per heavy atom. The lowest BCUT2D eigenvalue weighted by Crippen LogP contribution is -2.38.